The van der Waals surface area contributed by atoms with Gasteiger partial charge in [0, 0.05) is 6.04 Å². The van der Waals surface area contributed by atoms with E-state index in [2.05, 4.69) is 46.6 Å². The zero-order chi connectivity index (χ0) is 13.2. The summed E-state index contributed by atoms with van der Waals surface area (Å²) in [6.45, 7) is 4.70. The van der Waals surface area contributed by atoms with Gasteiger partial charge in [-0.2, -0.15) is 4.98 Å². The second-order valence-electron chi connectivity index (χ2n) is 5.34. The van der Waals surface area contributed by atoms with Crippen molar-refractivity contribution in [1.82, 2.24) is 15.5 Å². The number of rotatable bonds is 4. The minimum atomic E-state index is 0.566. The van der Waals surface area contributed by atoms with Crippen molar-refractivity contribution < 1.29 is 4.52 Å². The summed E-state index contributed by atoms with van der Waals surface area (Å²) in [5, 5.41) is 7.26. The molecule has 1 N–H and O–H groups in total. The highest BCUT2D eigenvalue weighted by atomic mass is 16.5. The maximum atomic E-state index is 5.09. The molecule has 1 aliphatic rings. The van der Waals surface area contributed by atoms with Crippen LogP contribution in [-0.2, 0) is 6.54 Å². The topological polar surface area (TPSA) is 51.0 Å². The second-order valence-corrected chi connectivity index (χ2v) is 5.34. The van der Waals surface area contributed by atoms with Crippen LogP contribution in [0.2, 0.25) is 0 Å². The third-order valence-electron chi connectivity index (χ3n) is 3.88. The molecule has 0 radical (unpaired) electrons. The molecule has 0 bridgehead atoms. The molecule has 1 aromatic heterocycles. The third kappa shape index (κ3) is 2.68. The van der Waals surface area contributed by atoms with Gasteiger partial charge >= 0.3 is 0 Å². The Morgan fingerprint density at radius 1 is 1.26 bits per heavy atom. The van der Waals surface area contributed by atoms with E-state index >= 15 is 0 Å². The zero-order valence-electron chi connectivity index (χ0n) is 11.4. The monoisotopic (exact) mass is 257 g/mol. The van der Waals surface area contributed by atoms with Gasteiger partial charge in [-0.1, -0.05) is 29.4 Å². The van der Waals surface area contributed by atoms with Crippen molar-refractivity contribution in [1.29, 1.82) is 0 Å². The molecule has 100 valence electrons. The number of nitrogens with one attached hydrogen (secondary N) is 1. The van der Waals surface area contributed by atoms with Crippen LogP contribution >= 0.6 is 0 Å². The summed E-state index contributed by atoms with van der Waals surface area (Å²) >= 11 is 0. The molecule has 0 atom stereocenters. The summed E-state index contributed by atoms with van der Waals surface area (Å²) in [5.41, 5.74) is 2.90. The standard InChI is InChI=1S/C15H19N3O/c1-10-5-3-4-6-14(10)12-7-13(8-12)16-9-15-17-11(2)18-19-15/h3-6,12-13,16H,7-9H2,1-2H3. The van der Waals surface area contributed by atoms with Crippen molar-refractivity contribution in [3.05, 3.63) is 47.1 Å². The minimum Gasteiger partial charge on any atom is -0.338 e. The maximum absolute atomic E-state index is 5.09. The Bertz CT molecular complexity index is 558. The molecule has 19 heavy (non-hydrogen) atoms. The van der Waals surface area contributed by atoms with Gasteiger partial charge in [0.1, 0.15) is 0 Å². The van der Waals surface area contributed by atoms with Crippen LogP contribution in [0.1, 0.15) is 41.6 Å². The first-order valence-corrected chi connectivity index (χ1v) is 6.80. The van der Waals surface area contributed by atoms with Crippen LogP contribution < -0.4 is 5.32 Å². The van der Waals surface area contributed by atoms with Crippen LogP contribution in [0.25, 0.3) is 0 Å². The van der Waals surface area contributed by atoms with E-state index < -0.39 is 0 Å². The number of aromatic nitrogens is 2. The van der Waals surface area contributed by atoms with Crippen LogP contribution in [-0.4, -0.2) is 16.2 Å². The lowest BCUT2D eigenvalue weighted by molar-refractivity contribution is 0.271. The number of nitrogens with zero attached hydrogens (tertiary/aromatic N) is 2. The predicted molar refractivity (Wildman–Crippen MR) is 72.8 cm³/mol. The molecular formula is C15H19N3O. The van der Waals surface area contributed by atoms with E-state index in [0.29, 0.717) is 30.2 Å². The first kappa shape index (κ1) is 12.4. The quantitative estimate of drug-likeness (QED) is 0.915. The van der Waals surface area contributed by atoms with E-state index in [0.717, 1.165) is 0 Å². The normalized spacial score (nSPS) is 22.2. The van der Waals surface area contributed by atoms with Crippen LogP contribution in [0.5, 0.6) is 0 Å². The molecule has 3 rings (SSSR count). The van der Waals surface area contributed by atoms with E-state index in [9.17, 15) is 0 Å². The Labute approximate surface area is 113 Å². The van der Waals surface area contributed by atoms with E-state index in [-0.39, 0.29) is 0 Å². The van der Waals surface area contributed by atoms with E-state index in [4.69, 9.17) is 4.52 Å². The van der Waals surface area contributed by atoms with Gasteiger partial charge in [-0.05, 0) is 43.7 Å². The lowest BCUT2D eigenvalue weighted by atomic mass is 9.74. The fourth-order valence-electron chi connectivity index (χ4n) is 2.73. The Balaban J connectivity index is 1.49. The summed E-state index contributed by atoms with van der Waals surface area (Å²) in [6, 6.07) is 9.24. The van der Waals surface area contributed by atoms with Gasteiger partial charge in [-0.15, -0.1) is 0 Å². The van der Waals surface area contributed by atoms with Crippen LogP contribution in [0, 0.1) is 13.8 Å². The Kier molecular flexibility index (Phi) is 3.34. The average Bonchev–Trinajstić information content (AvgIpc) is 2.75. The first-order chi connectivity index (χ1) is 9.22. The summed E-state index contributed by atoms with van der Waals surface area (Å²) < 4.78 is 5.09. The number of aryl methyl sites for hydroxylation is 2. The molecule has 0 amide bonds. The molecule has 1 saturated carbocycles. The molecule has 4 nitrogen and oxygen atoms in total. The van der Waals surface area contributed by atoms with E-state index in [1.165, 1.54) is 24.0 Å². The Morgan fingerprint density at radius 3 is 2.74 bits per heavy atom. The fourth-order valence-corrected chi connectivity index (χ4v) is 2.73. The van der Waals surface area contributed by atoms with E-state index in [1.54, 1.807) is 0 Å². The Hall–Kier alpha value is -1.68. The minimum absolute atomic E-state index is 0.566. The van der Waals surface area contributed by atoms with Crippen LogP contribution in [0.15, 0.2) is 28.8 Å². The fraction of sp³-hybridized carbons (Fsp3) is 0.467. The Morgan fingerprint density at radius 2 is 2.05 bits per heavy atom. The van der Waals surface area contributed by atoms with Gasteiger partial charge in [0.25, 0.3) is 0 Å². The lowest BCUT2D eigenvalue weighted by Gasteiger charge is -2.36. The van der Waals surface area contributed by atoms with Crippen molar-refractivity contribution in [2.75, 3.05) is 0 Å². The number of hydrogen-bond donors (Lipinski definition) is 1. The highest BCUT2D eigenvalue weighted by Gasteiger charge is 2.30. The molecule has 0 saturated heterocycles. The van der Waals surface area contributed by atoms with Crippen molar-refractivity contribution in [3.8, 4) is 0 Å². The highest BCUT2D eigenvalue weighted by Crippen LogP contribution is 2.38. The highest BCUT2D eigenvalue weighted by molar-refractivity contribution is 5.31. The molecule has 0 spiro atoms. The molecule has 0 unspecified atom stereocenters. The molecular weight excluding hydrogens is 238 g/mol. The molecule has 1 fully saturated rings. The third-order valence-corrected chi connectivity index (χ3v) is 3.88. The average molecular weight is 257 g/mol. The second kappa shape index (κ2) is 5.13. The number of hydrogen-bond acceptors (Lipinski definition) is 4. The van der Waals surface area contributed by atoms with Crippen LogP contribution in [0.4, 0.5) is 0 Å². The summed E-state index contributed by atoms with van der Waals surface area (Å²) in [7, 11) is 0. The van der Waals surface area contributed by atoms with Gasteiger partial charge in [-0.25, -0.2) is 0 Å². The van der Waals surface area contributed by atoms with Crippen molar-refractivity contribution in [2.24, 2.45) is 0 Å². The van der Waals surface area contributed by atoms with Gasteiger partial charge in [0.15, 0.2) is 5.82 Å². The van der Waals surface area contributed by atoms with Crippen molar-refractivity contribution in [2.45, 2.75) is 45.2 Å². The van der Waals surface area contributed by atoms with Gasteiger partial charge in [0.2, 0.25) is 5.89 Å². The number of benzene rings is 1. The molecule has 1 aliphatic carbocycles. The van der Waals surface area contributed by atoms with Gasteiger partial charge in [-0.3, -0.25) is 0 Å². The van der Waals surface area contributed by atoms with Gasteiger partial charge < -0.3 is 9.84 Å². The molecule has 1 aromatic carbocycles. The first-order valence-electron chi connectivity index (χ1n) is 6.80. The molecule has 1 heterocycles. The largest absolute Gasteiger partial charge is 0.338 e. The zero-order valence-corrected chi connectivity index (χ0v) is 11.4. The maximum Gasteiger partial charge on any atom is 0.240 e. The molecule has 0 aliphatic heterocycles. The van der Waals surface area contributed by atoms with E-state index in [1.807, 2.05) is 6.92 Å². The molecule has 4 heteroatoms. The summed E-state index contributed by atoms with van der Waals surface area (Å²) in [5.74, 6) is 2.07. The lowest BCUT2D eigenvalue weighted by Crippen LogP contribution is -2.39. The SMILES string of the molecule is Cc1noc(CNC2CC(c3ccccc3C)C2)n1. The summed E-state index contributed by atoms with van der Waals surface area (Å²) in [4.78, 5) is 4.19. The summed E-state index contributed by atoms with van der Waals surface area (Å²) in [6.07, 6.45) is 2.38. The predicted octanol–water partition coefficient (Wildman–Crippen LogP) is 2.72. The van der Waals surface area contributed by atoms with Crippen molar-refractivity contribution >= 4 is 0 Å². The smallest absolute Gasteiger partial charge is 0.240 e. The van der Waals surface area contributed by atoms with Crippen LogP contribution in [0.3, 0.4) is 0 Å². The molecule has 2 aromatic rings. The van der Waals surface area contributed by atoms with Gasteiger partial charge in [0.05, 0.1) is 6.54 Å². The van der Waals surface area contributed by atoms with Crippen molar-refractivity contribution in [3.63, 3.8) is 0 Å².